The maximum Gasteiger partial charge on any atom is 0.243 e. The Labute approximate surface area is 203 Å². The molecule has 0 aliphatic heterocycles. The van der Waals surface area contributed by atoms with Gasteiger partial charge in [0.15, 0.2) is 0 Å². The quantitative estimate of drug-likeness (QED) is 0.421. The van der Waals surface area contributed by atoms with Crippen LogP contribution in [0.25, 0.3) is 0 Å². The van der Waals surface area contributed by atoms with Gasteiger partial charge in [-0.2, -0.15) is 0 Å². The third-order valence-corrected chi connectivity index (χ3v) is 6.27. The lowest BCUT2D eigenvalue weighted by Gasteiger charge is -2.32. The first-order valence-electron chi connectivity index (χ1n) is 10.1. The number of halogens is 4. The van der Waals surface area contributed by atoms with Crippen LogP contribution in [-0.4, -0.2) is 28.8 Å². The Hall–Kier alpha value is -1.46. The van der Waals surface area contributed by atoms with Gasteiger partial charge >= 0.3 is 0 Å². The Bertz CT molecular complexity index is 936. The Morgan fingerprint density at radius 1 is 0.903 bits per heavy atom. The highest BCUT2D eigenvalue weighted by molar-refractivity contribution is 6.35. The van der Waals surface area contributed by atoms with Crippen LogP contribution in [0, 0.1) is 0 Å². The van der Waals surface area contributed by atoms with Gasteiger partial charge in [-0.05, 0) is 55.2 Å². The van der Waals surface area contributed by atoms with Crippen molar-refractivity contribution in [1.82, 2.24) is 10.2 Å². The first-order valence-corrected chi connectivity index (χ1v) is 11.6. The van der Waals surface area contributed by atoms with Crippen LogP contribution in [0.4, 0.5) is 0 Å². The molecule has 168 valence electrons. The largest absolute Gasteiger partial charge is 0.352 e. The van der Waals surface area contributed by atoms with Crippen molar-refractivity contribution in [2.24, 2.45) is 0 Å². The van der Waals surface area contributed by atoms with Crippen molar-refractivity contribution in [3.63, 3.8) is 0 Å². The summed E-state index contributed by atoms with van der Waals surface area (Å²) in [6.07, 6.45) is 1.28. The van der Waals surface area contributed by atoms with E-state index in [4.69, 9.17) is 46.4 Å². The van der Waals surface area contributed by atoms with Gasteiger partial charge in [-0.3, -0.25) is 9.59 Å². The molecule has 2 rings (SSSR count). The third-order valence-electron chi connectivity index (χ3n) is 5.10. The summed E-state index contributed by atoms with van der Waals surface area (Å²) < 4.78 is 0. The molecule has 2 aromatic rings. The molecule has 0 bridgehead atoms. The second kappa shape index (κ2) is 12.0. The Morgan fingerprint density at radius 2 is 1.45 bits per heavy atom. The molecule has 2 amide bonds. The van der Waals surface area contributed by atoms with E-state index >= 15 is 0 Å². The average Bonchev–Trinajstić information content (AvgIpc) is 2.71. The van der Waals surface area contributed by atoms with Crippen LogP contribution in [0.1, 0.15) is 44.7 Å². The third kappa shape index (κ3) is 7.28. The number of rotatable bonds is 9. The molecule has 0 heterocycles. The number of nitrogens with one attached hydrogen (secondary N) is 1. The molecule has 0 aliphatic carbocycles. The molecule has 31 heavy (non-hydrogen) atoms. The second-order valence-electron chi connectivity index (χ2n) is 7.41. The standard InChI is InChI=1S/C23H26Cl4N2O2/c1-4-14(3)28-23(31)21(5-2)29(13-16-7-9-18(25)12-20(16)27)22(30)10-15-6-8-17(24)11-19(15)26/h6-9,11-12,14,21H,4-5,10,13H2,1-3H3,(H,28,31)/t14-,21+/m1/s1. The van der Waals surface area contributed by atoms with Gasteiger partial charge in [0, 0.05) is 32.7 Å². The molecule has 0 unspecified atom stereocenters. The van der Waals surface area contributed by atoms with Crippen LogP contribution >= 0.6 is 46.4 Å². The zero-order valence-corrected chi connectivity index (χ0v) is 20.7. The molecule has 2 aromatic carbocycles. The number of amides is 2. The van der Waals surface area contributed by atoms with E-state index in [9.17, 15) is 9.59 Å². The second-order valence-corrected chi connectivity index (χ2v) is 9.10. The molecule has 2 atom stereocenters. The summed E-state index contributed by atoms with van der Waals surface area (Å²) in [6.45, 7) is 5.97. The molecular formula is C23H26Cl4N2O2. The molecule has 0 radical (unpaired) electrons. The number of carbonyl (C=O) groups is 2. The minimum absolute atomic E-state index is 0.00308. The topological polar surface area (TPSA) is 49.4 Å². The first kappa shape index (κ1) is 25.8. The maximum atomic E-state index is 13.4. The summed E-state index contributed by atoms with van der Waals surface area (Å²) in [7, 11) is 0. The van der Waals surface area contributed by atoms with Gasteiger partial charge < -0.3 is 10.2 Å². The Kier molecular flexibility index (Phi) is 9.95. The minimum atomic E-state index is -0.653. The SMILES string of the molecule is CC[C@@H](C)NC(=O)[C@H](CC)N(Cc1ccc(Cl)cc1Cl)C(=O)Cc1ccc(Cl)cc1Cl. The summed E-state index contributed by atoms with van der Waals surface area (Å²) in [5.41, 5.74) is 1.34. The van der Waals surface area contributed by atoms with E-state index in [1.165, 1.54) is 0 Å². The zero-order chi connectivity index (χ0) is 23.1. The highest BCUT2D eigenvalue weighted by Gasteiger charge is 2.30. The predicted octanol–water partition coefficient (Wildman–Crippen LogP) is 6.56. The number of hydrogen-bond acceptors (Lipinski definition) is 2. The van der Waals surface area contributed by atoms with Gasteiger partial charge in [-0.25, -0.2) is 0 Å². The van der Waals surface area contributed by atoms with Crippen LogP contribution in [0.3, 0.4) is 0 Å². The molecular weight excluding hydrogens is 478 g/mol. The molecule has 0 aromatic heterocycles. The summed E-state index contributed by atoms with van der Waals surface area (Å²) in [5, 5.41) is 4.81. The van der Waals surface area contributed by atoms with E-state index in [2.05, 4.69) is 5.32 Å². The molecule has 8 heteroatoms. The highest BCUT2D eigenvalue weighted by Crippen LogP contribution is 2.26. The van der Waals surface area contributed by atoms with E-state index in [1.54, 1.807) is 41.3 Å². The van der Waals surface area contributed by atoms with E-state index < -0.39 is 6.04 Å². The van der Waals surface area contributed by atoms with Crippen molar-refractivity contribution >= 4 is 58.2 Å². The fourth-order valence-corrected chi connectivity index (χ4v) is 4.07. The van der Waals surface area contributed by atoms with Gasteiger partial charge in [-0.15, -0.1) is 0 Å². The maximum absolute atomic E-state index is 13.4. The van der Waals surface area contributed by atoms with Crippen LogP contribution in [0.2, 0.25) is 20.1 Å². The van der Waals surface area contributed by atoms with Crippen LogP contribution in [-0.2, 0) is 22.6 Å². The van der Waals surface area contributed by atoms with Crippen LogP contribution in [0.5, 0.6) is 0 Å². The molecule has 4 nitrogen and oxygen atoms in total. The smallest absolute Gasteiger partial charge is 0.243 e. The molecule has 0 spiro atoms. The summed E-state index contributed by atoms with van der Waals surface area (Å²) >= 11 is 24.6. The van der Waals surface area contributed by atoms with Crippen LogP contribution in [0.15, 0.2) is 36.4 Å². The number of nitrogens with zero attached hydrogens (tertiary/aromatic N) is 1. The number of hydrogen-bond donors (Lipinski definition) is 1. The lowest BCUT2D eigenvalue weighted by molar-refractivity contribution is -0.141. The summed E-state index contributed by atoms with van der Waals surface area (Å²) in [6, 6.07) is 9.44. The van der Waals surface area contributed by atoms with Crippen molar-refractivity contribution in [2.75, 3.05) is 0 Å². The van der Waals surface area contributed by atoms with Gasteiger partial charge in [-0.1, -0.05) is 72.4 Å². The van der Waals surface area contributed by atoms with E-state index in [0.29, 0.717) is 37.6 Å². The van der Waals surface area contributed by atoms with Crippen molar-refractivity contribution < 1.29 is 9.59 Å². The van der Waals surface area contributed by atoms with Gasteiger partial charge in [0.05, 0.1) is 6.42 Å². The van der Waals surface area contributed by atoms with E-state index in [1.807, 2.05) is 20.8 Å². The molecule has 0 saturated heterocycles. The monoisotopic (exact) mass is 502 g/mol. The van der Waals surface area contributed by atoms with Gasteiger partial charge in [0.2, 0.25) is 11.8 Å². The van der Waals surface area contributed by atoms with Crippen LogP contribution < -0.4 is 5.32 Å². The highest BCUT2D eigenvalue weighted by atomic mass is 35.5. The Balaban J connectivity index is 2.37. The molecule has 0 saturated carbocycles. The molecule has 1 N–H and O–H groups in total. The number of carbonyl (C=O) groups excluding carboxylic acids is 2. The normalized spacial score (nSPS) is 12.9. The summed E-state index contributed by atoms with van der Waals surface area (Å²) in [4.78, 5) is 27.9. The summed E-state index contributed by atoms with van der Waals surface area (Å²) in [5.74, 6) is -0.432. The van der Waals surface area contributed by atoms with Crippen molar-refractivity contribution in [1.29, 1.82) is 0 Å². The Morgan fingerprint density at radius 3 is 1.94 bits per heavy atom. The van der Waals surface area contributed by atoms with Gasteiger partial charge in [0.1, 0.15) is 6.04 Å². The lowest BCUT2D eigenvalue weighted by Crippen LogP contribution is -2.51. The fourth-order valence-electron chi connectivity index (χ4n) is 3.12. The van der Waals surface area contributed by atoms with Crippen molar-refractivity contribution in [3.8, 4) is 0 Å². The average molecular weight is 504 g/mol. The first-order chi connectivity index (χ1) is 14.7. The number of benzene rings is 2. The van der Waals surface area contributed by atoms with E-state index in [0.717, 1.165) is 6.42 Å². The minimum Gasteiger partial charge on any atom is -0.352 e. The fraction of sp³-hybridized carbons (Fsp3) is 0.391. The molecule has 0 fully saturated rings. The van der Waals surface area contributed by atoms with Crippen molar-refractivity contribution in [3.05, 3.63) is 67.6 Å². The van der Waals surface area contributed by atoms with E-state index in [-0.39, 0.29) is 30.8 Å². The van der Waals surface area contributed by atoms with Crippen molar-refractivity contribution in [2.45, 2.75) is 58.7 Å². The zero-order valence-electron chi connectivity index (χ0n) is 17.7. The lowest BCUT2D eigenvalue weighted by atomic mass is 10.1. The molecule has 0 aliphatic rings. The predicted molar refractivity (Wildman–Crippen MR) is 129 cm³/mol. The van der Waals surface area contributed by atoms with Gasteiger partial charge in [0.25, 0.3) is 0 Å².